The van der Waals surface area contributed by atoms with Crippen molar-refractivity contribution in [2.75, 3.05) is 25.6 Å². The topological polar surface area (TPSA) is 92.9 Å². The summed E-state index contributed by atoms with van der Waals surface area (Å²) in [6, 6.07) is 19.4. The number of carbonyl (C=O) groups is 1. The number of para-hydroxylation sites is 2. The van der Waals surface area contributed by atoms with Crippen LogP contribution in [0.4, 0.5) is 10.5 Å². The lowest BCUT2D eigenvalue weighted by Gasteiger charge is -2.24. The third kappa shape index (κ3) is 4.94. The van der Waals surface area contributed by atoms with Crippen LogP contribution in [0, 0.1) is 0 Å². The molecule has 2 N–H and O–H groups in total. The fourth-order valence-electron chi connectivity index (χ4n) is 4.11. The molecule has 0 aliphatic carbocycles. The first kappa shape index (κ1) is 23.6. The lowest BCUT2D eigenvalue weighted by Crippen LogP contribution is -2.36. The van der Waals surface area contributed by atoms with Crippen LogP contribution < -0.4 is 25.1 Å². The van der Waals surface area contributed by atoms with E-state index in [0.717, 1.165) is 10.9 Å². The molecule has 0 saturated carbocycles. The Morgan fingerprint density at radius 2 is 1.69 bits per heavy atom. The first-order valence-corrected chi connectivity index (χ1v) is 11.8. The van der Waals surface area contributed by atoms with Gasteiger partial charge in [0, 0.05) is 22.6 Å². The fraction of sp³-hybridized carbons (Fsp3) is 0.185. The summed E-state index contributed by atoms with van der Waals surface area (Å²) in [6.07, 6.45) is 0. The van der Waals surface area contributed by atoms with Gasteiger partial charge in [-0.3, -0.25) is 4.79 Å². The van der Waals surface area contributed by atoms with Crippen molar-refractivity contribution in [1.29, 1.82) is 0 Å². The Morgan fingerprint density at radius 3 is 2.47 bits per heavy atom. The number of nitrogens with zero attached hydrogens (tertiary/aromatic N) is 1. The van der Waals surface area contributed by atoms with Gasteiger partial charge in [-0.15, -0.1) is 0 Å². The SMILES string of the molecule is COc1ccccc1CN(Cc1cc2cc3c(cc2[nH]c1=O)OCCO3)C(=O)Nc1ccccc1Cl. The van der Waals surface area contributed by atoms with Crippen molar-refractivity contribution in [2.24, 2.45) is 0 Å². The molecule has 0 fully saturated rings. The van der Waals surface area contributed by atoms with Crippen molar-refractivity contribution in [3.8, 4) is 17.2 Å². The van der Waals surface area contributed by atoms with Gasteiger partial charge in [-0.1, -0.05) is 41.9 Å². The first-order chi connectivity index (χ1) is 17.5. The Morgan fingerprint density at radius 1 is 1.00 bits per heavy atom. The summed E-state index contributed by atoms with van der Waals surface area (Å²) in [7, 11) is 1.58. The largest absolute Gasteiger partial charge is 0.496 e. The molecule has 0 saturated heterocycles. The van der Waals surface area contributed by atoms with Crippen LogP contribution in [0.3, 0.4) is 0 Å². The highest BCUT2D eigenvalue weighted by Gasteiger charge is 2.20. The number of aromatic amines is 1. The molecule has 0 radical (unpaired) electrons. The van der Waals surface area contributed by atoms with Gasteiger partial charge in [0.05, 0.1) is 36.4 Å². The van der Waals surface area contributed by atoms with Crippen molar-refractivity contribution >= 4 is 34.2 Å². The number of pyridine rings is 1. The van der Waals surface area contributed by atoms with E-state index in [1.165, 1.54) is 4.90 Å². The van der Waals surface area contributed by atoms with Crippen LogP contribution >= 0.6 is 11.6 Å². The van der Waals surface area contributed by atoms with Gasteiger partial charge in [0.15, 0.2) is 11.5 Å². The monoisotopic (exact) mass is 505 g/mol. The third-order valence-corrected chi connectivity index (χ3v) is 6.23. The summed E-state index contributed by atoms with van der Waals surface area (Å²) in [5.41, 5.74) is 2.03. The number of anilines is 1. The molecule has 0 bridgehead atoms. The molecule has 9 heteroatoms. The third-order valence-electron chi connectivity index (χ3n) is 5.90. The molecule has 1 aliphatic rings. The number of hydrogen-bond donors (Lipinski definition) is 2. The van der Waals surface area contributed by atoms with Crippen LogP contribution in [0.5, 0.6) is 17.2 Å². The van der Waals surface area contributed by atoms with Crippen LogP contribution in [-0.2, 0) is 13.1 Å². The second-order valence-electron chi connectivity index (χ2n) is 8.28. The van der Waals surface area contributed by atoms with Crippen LogP contribution in [0.2, 0.25) is 5.02 Å². The maximum absolute atomic E-state index is 13.4. The second kappa shape index (κ2) is 10.2. The molecule has 0 spiro atoms. The van der Waals surface area contributed by atoms with E-state index in [-0.39, 0.29) is 18.6 Å². The summed E-state index contributed by atoms with van der Waals surface area (Å²) in [5, 5.41) is 4.04. The Hall–Kier alpha value is -4.17. The van der Waals surface area contributed by atoms with Crippen LogP contribution in [0.25, 0.3) is 10.9 Å². The Bertz CT molecular complexity index is 1490. The molecular formula is C27H24ClN3O5. The number of amides is 2. The van der Waals surface area contributed by atoms with Crippen LogP contribution in [0.15, 0.2) is 71.5 Å². The molecule has 36 heavy (non-hydrogen) atoms. The van der Waals surface area contributed by atoms with Crippen molar-refractivity contribution in [1.82, 2.24) is 9.88 Å². The number of fused-ring (bicyclic) bond motifs is 2. The number of aromatic nitrogens is 1. The van der Waals surface area contributed by atoms with Gasteiger partial charge in [0.25, 0.3) is 5.56 Å². The summed E-state index contributed by atoms with van der Waals surface area (Å²) in [5.74, 6) is 1.85. The number of halogens is 1. The lowest BCUT2D eigenvalue weighted by molar-refractivity contribution is 0.172. The van der Waals surface area contributed by atoms with Gasteiger partial charge < -0.3 is 29.4 Å². The Labute approximate surface area is 212 Å². The molecule has 0 unspecified atom stereocenters. The number of rotatable bonds is 6. The van der Waals surface area contributed by atoms with E-state index in [2.05, 4.69) is 10.3 Å². The number of H-pyrrole nitrogens is 1. The van der Waals surface area contributed by atoms with E-state index in [1.807, 2.05) is 30.3 Å². The average molecular weight is 506 g/mol. The summed E-state index contributed by atoms with van der Waals surface area (Å²) < 4.78 is 16.8. The zero-order chi connectivity index (χ0) is 25.1. The van der Waals surface area contributed by atoms with E-state index in [9.17, 15) is 9.59 Å². The second-order valence-corrected chi connectivity index (χ2v) is 8.69. The van der Waals surface area contributed by atoms with Gasteiger partial charge >= 0.3 is 6.03 Å². The minimum atomic E-state index is -0.407. The molecule has 5 rings (SSSR count). The molecular weight excluding hydrogens is 482 g/mol. The van der Waals surface area contributed by atoms with E-state index in [0.29, 0.717) is 52.3 Å². The number of urea groups is 1. The normalized spacial score (nSPS) is 12.3. The molecule has 3 aromatic carbocycles. The molecule has 4 aromatic rings. The Kier molecular flexibility index (Phi) is 6.69. The van der Waals surface area contributed by atoms with Gasteiger partial charge in [0.1, 0.15) is 19.0 Å². The lowest BCUT2D eigenvalue weighted by atomic mass is 10.1. The Balaban J connectivity index is 1.49. The number of ether oxygens (including phenoxy) is 3. The fourth-order valence-corrected chi connectivity index (χ4v) is 4.29. The molecule has 1 aromatic heterocycles. The standard InChI is InChI=1S/C27H24ClN3O5/c1-34-23-9-5-2-6-17(23)15-31(27(33)30-21-8-4-3-7-20(21)28)16-19-12-18-13-24-25(36-11-10-35-24)14-22(18)29-26(19)32/h2-9,12-14H,10-11,15-16H2,1H3,(H,29,32)(H,30,33). The molecule has 8 nitrogen and oxygen atoms in total. The van der Waals surface area contributed by atoms with E-state index in [1.54, 1.807) is 43.5 Å². The summed E-state index contributed by atoms with van der Waals surface area (Å²) in [6.45, 7) is 1.18. The predicted octanol–water partition coefficient (Wildman–Crippen LogP) is 5.20. The number of nitrogens with one attached hydrogen (secondary N) is 2. The van der Waals surface area contributed by atoms with Gasteiger partial charge in [-0.2, -0.15) is 0 Å². The molecule has 0 atom stereocenters. The smallest absolute Gasteiger partial charge is 0.322 e. The highest BCUT2D eigenvalue weighted by atomic mass is 35.5. The molecule has 2 heterocycles. The summed E-state index contributed by atoms with van der Waals surface area (Å²) in [4.78, 5) is 30.9. The number of benzene rings is 3. The van der Waals surface area contributed by atoms with Crippen molar-refractivity contribution < 1.29 is 19.0 Å². The van der Waals surface area contributed by atoms with Crippen molar-refractivity contribution in [3.63, 3.8) is 0 Å². The van der Waals surface area contributed by atoms with Gasteiger partial charge in [-0.05, 0) is 30.3 Å². The first-order valence-electron chi connectivity index (χ1n) is 11.4. The highest BCUT2D eigenvalue weighted by Crippen LogP contribution is 2.34. The average Bonchev–Trinajstić information content (AvgIpc) is 2.89. The maximum atomic E-state index is 13.4. The number of methoxy groups -OCH3 is 1. The molecule has 2 amide bonds. The van der Waals surface area contributed by atoms with E-state index in [4.69, 9.17) is 25.8 Å². The minimum absolute atomic E-state index is 0.0497. The predicted molar refractivity (Wildman–Crippen MR) is 138 cm³/mol. The van der Waals surface area contributed by atoms with E-state index >= 15 is 0 Å². The quantitative estimate of drug-likeness (QED) is 0.376. The number of hydrogen-bond acceptors (Lipinski definition) is 5. The van der Waals surface area contributed by atoms with E-state index < -0.39 is 6.03 Å². The van der Waals surface area contributed by atoms with Gasteiger partial charge in [0.2, 0.25) is 0 Å². The van der Waals surface area contributed by atoms with Crippen LogP contribution in [-0.4, -0.2) is 36.2 Å². The molecule has 1 aliphatic heterocycles. The molecule has 184 valence electrons. The van der Waals surface area contributed by atoms with Crippen molar-refractivity contribution in [3.05, 3.63) is 93.2 Å². The zero-order valence-corrected chi connectivity index (χ0v) is 20.3. The van der Waals surface area contributed by atoms with Crippen molar-refractivity contribution in [2.45, 2.75) is 13.1 Å². The number of carbonyl (C=O) groups excluding carboxylic acids is 1. The highest BCUT2D eigenvalue weighted by molar-refractivity contribution is 6.33. The zero-order valence-electron chi connectivity index (χ0n) is 19.5. The summed E-state index contributed by atoms with van der Waals surface area (Å²) >= 11 is 6.26. The maximum Gasteiger partial charge on any atom is 0.322 e. The van der Waals surface area contributed by atoms with Gasteiger partial charge in [-0.25, -0.2) is 4.79 Å². The minimum Gasteiger partial charge on any atom is -0.496 e. The van der Waals surface area contributed by atoms with Crippen LogP contribution in [0.1, 0.15) is 11.1 Å².